The molecular formula is C17H30N2O2. The van der Waals surface area contributed by atoms with Crippen LogP contribution in [0.15, 0.2) is 0 Å². The molecule has 1 unspecified atom stereocenters. The third-order valence-corrected chi connectivity index (χ3v) is 5.61. The summed E-state index contributed by atoms with van der Waals surface area (Å²) in [4.78, 5) is 14.6. The molecule has 3 rings (SSSR count). The first-order valence-corrected chi connectivity index (χ1v) is 8.86. The van der Waals surface area contributed by atoms with Gasteiger partial charge in [-0.1, -0.05) is 12.8 Å². The molecule has 1 heterocycles. The molecule has 2 aliphatic carbocycles. The van der Waals surface area contributed by atoms with Gasteiger partial charge in [0, 0.05) is 12.6 Å². The fourth-order valence-corrected chi connectivity index (χ4v) is 4.07. The van der Waals surface area contributed by atoms with Crippen LogP contribution in [0.25, 0.3) is 0 Å². The van der Waals surface area contributed by atoms with E-state index in [0.29, 0.717) is 18.1 Å². The standard InChI is InChI=1S/C17H30N2O2/c1-2-21-16(20)15(18-14-5-6-14)13-19-11-9-17(10-12-19)7-3-4-8-17/h14-15,18H,2-13H2,1H3. The number of hydrogen-bond donors (Lipinski definition) is 1. The van der Waals surface area contributed by atoms with Crippen molar-refractivity contribution < 1.29 is 9.53 Å². The highest BCUT2D eigenvalue weighted by molar-refractivity contribution is 5.76. The Kier molecular flexibility index (Phi) is 4.85. The van der Waals surface area contributed by atoms with Gasteiger partial charge in [-0.25, -0.2) is 0 Å². The highest BCUT2D eigenvalue weighted by Gasteiger charge is 2.38. The number of nitrogens with one attached hydrogen (secondary N) is 1. The van der Waals surface area contributed by atoms with E-state index in [4.69, 9.17) is 4.74 Å². The van der Waals surface area contributed by atoms with Crippen molar-refractivity contribution in [3.63, 3.8) is 0 Å². The SMILES string of the molecule is CCOC(=O)C(CN1CCC2(CCCC2)CC1)NC1CC1. The third-order valence-electron chi connectivity index (χ3n) is 5.61. The fraction of sp³-hybridized carbons (Fsp3) is 0.941. The van der Waals surface area contributed by atoms with Crippen LogP contribution in [0.2, 0.25) is 0 Å². The zero-order valence-corrected chi connectivity index (χ0v) is 13.4. The third kappa shape index (κ3) is 3.98. The van der Waals surface area contributed by atoms with Crippen LogP contribution >= 0.6 is 0 Å². The van der Waals surface area contributed by atoms with Crippen molar-refractivity contribution in [3.05, 3.63) is 0 Å². The average Bonchev–Trinajstić information content (AvgIpc) is 3.19. The van der Waals surface area contributed by atoms with Gasteiger partial charge in [-0.3, -0.25) is 4.79 Å². The number of piperidine rings is 1. The highest BCUT2D eigenvalue weighted by atomic mass is 16.5. The molecule has 0 radical (unpaired) electrons. The monoisotopic (exact) mass is 294 g/mol. The topological polar surface area (TPSA) is 41.6 Å². The van der Waals surface area contributed by atoms with Crippen LogP contribution in [0.4, 0.5) is 0 Å². The molecule has 21 heavy (non-hydrogen) atoms. The smallest absolute Gasteiger partial charge is 0.324 e. The quantitative estimate of drug-likeness (QED) is 0.763. The molecule has 0 bridgehead atoms. The van der Waals surface area contributed by atoms with Crippen LogP contribution < -0.4 is 5.32 Å². The number of likely N-dealkylation sites (tertiary alicyclic amines) is 1. The van der Waals surface area contributed by atoms with Crippen molar-refractivity contribution >= 4 is 5.97 Å². The van der Waals surface area contributed by atoms with Gasteiger partial charge in [0.15, 0.2) is 0 Å². The molecule has 1 N–H and O–H groups in total. The van der Waals surface area contributed by atoms with E-state index in [0.717, 1.165) is 19.6 Å². The second-order valence-corrected chi connectivity index (χ2v) is 7.25. The number of carbonyl (C=O) groups is 1. The molecule has 0 amide bonds. The summed E-state index contributed by atoms with van der Waals surface area (Å²) in [6.07, 6.45) is 10.8. The lowest BCUT2D eigenvalue weighted by molar-refractivity contribution is -0.146. The van der Waals surface area contributed by atoms with Gasteiger partial charge in [0.25, 0.3) is 0 Å². The van der Waals surface area contributed by atoms with E-state index in [1.54, 1.807) is 0 Å². The summed E-state index contributed by atoms with van der Waals surface area (Å²) >= 11 is 0. The van der Waals surface area contributed by atoms with Crippen LogP contribution in [0, 0.1) is 5.41 Å². The predicted molar refractivity (Wildman–Crippen MR) is 83.2 cm³/mol. The minimum atomic E-state index is -0.130. The fourth-order valence-electron chi connectivity index (χ4n) is 4.07. The lowest BCUT2D eigenvalue weighted by Crippen LogP contribution is -2.50. The number of carbonyl (C=O) groups excluding carboxylic acids is 1. The summed E-state index contributed by atoms with van der Waals surface area (Å²) in [6.45, 7) is 5.50. The Hall–Kier alpha value is -0.610. The predicted octanol–water partition coefficient (Wildman–Crippen LogP) is 2.33. The number of ether oxygens (including phenoxy) is 1. The van der Waals surface area contributed by atoms with Crippen LogP contribution in [0.1, 0.15) is 58.3 Å². The molecule has 2 saturated carbocycles. The molecule has 1 aliphatic heterocycles. The molecule has 0 aromatic rings. The van der Waals surface area contributed by atoms with Crippen LogP contribution in [0.5, 0.6) is 0 Å². The van der Waals surface area contributed by atoms with Gasteiger partial charge in [0.2, 0.25) is 0 Å². The zero-order valence-electron chi connectivity index (χ0n) is 13.4. The molecule has 1 atom stereocenters. The van der Waals surface area contributed by atoms with Crippen molar-refractivity contribution in [2.24, 2.45) is 5.41 Å². The van der Waals surface area contributed by atoms with E-state index in [-0.39, 0.29) is 12.0 Å². The Morgan fingerprint density at radius 1 is 1.24 bits per heavy atom. The molecule has 1 saturated heterocycles. The lowest BCUT2D eigenvalue weighted by atomic mass is 9.77. The molecule has 0 aromatic heterocycles. The van der Waals surface area contributed by atoms with E-state index in [1.165, 1.54) is 51.4 Å². The van der Waals surface area contributed by atoms with Crippen molar-refractivity contribution in [1.29, 1.82) is 0 Å². The van der Waals surface area contributed by atoms with Crippen molar-refractivity contribution in [1.82, 2.24) is 10.2 Å². The normalized spacial score (nSPS) is 26.9. The molecule has 4 nitrogen and oxygen atoms in total. The molecule has 3 aliphatic rings. The molecule has 1 spiro atoms. The first-order chi connectivity index (χ1) is 10.2. The van der Waals surface area contributed by atoms with E-state index in [2.05, 4.69) is 10.2 Å². The Balaban J connectivity index is 1.49. The molecule has 120 valence electrons. The molecule has 0 aromatic carbocycles. The Bertz CT molecular complexity index is 352. The average molecular weight is 294 g/mol. The van der Waals surface area contributed by atoms with Crippen LogP contribution in [-0.4, -0.2) is 49.2 Å². The summed E-state index contributed by atoms with van der Waals surface area (Å²) in [7, 11) is 0. The summed E-state index contributed by atoms with van der Waals surface area (Å²) < 4.78 is 5.24. The molecule has 3 fully saturated rings. The number of hydrogen-bond acceptors (Lipinski definition) is 4. The first-order valence-electron chi connectivity index (χ1n) is 8.86. The molecule has 4 heteroatoms. The van der Waals surface area contributed by atoms with E-state index >= 15 is 0 Å². The van der Waals surface area contributed by atoms with E-state index in [1.807, 2.05) is 6.92 Å². The first kappa shape index (κ1) is 15.3. The second-order valence-electron chi connectivity index (χ2n) is 7.25. The maximum absolute atomic E-state index is 12.1. The minimum absolute atomic E-state index is 0.0643. The summed E-state index contributed by atoms with van der Waals surface area (Å²) in [5.41, 5.74) is 0.653. The Morgan fingerprint density at radius 2 is 1.90 bits per heavy atom. The minimum Gasteiger partial charge on any atom is -0.465 e. The molecular weight excluding hydrogens is 264 g/mol. The van der Waals surface area contributed by atoms with E-state index in [9.17, 15) is 4.79 Å². The second kappa shape index (κ2) is 6.66. The summed E-state index contributed by atoms with van der Waals surface area (Å²) in [6, 6.07) is 0.417. The van der Waals surface area contributed by atoms with Gasteiger partial charge in [0.1, 0.15) is 6.04 Å². The van der Waals surface area contributed by atoms with Crippen LogP contribution in [0.3, 0.4) is 0 Å². The van der Waals surface area contributed by atoms with Crippen molar-refractivity contribution in [2.75, 3.05) is 26.2 Å². The highest BCUT2D eigenvalue weighted by Crippen LogP contribution is 2.46. The number of rotatable bonds is 6. The largest absolute Gasteiger partial charge is 0.465 e. The number of esters is 1. The van der Waals surface area contributed by atoms with Gasteiger partial charge < -0.3 is 15.0 Å². The Labute approximate surface area is 128 Å². The summed E-state index contributed by atoms with van der Waals surface area (Å²) in [5.74, 6) is -0.0643. The van der Waals surface area contributed by atoms with Crippen LogP contribution in [-0.2, 0) is 9.53 Å². The Morgan fingerprint density at radius 3 is 2.48 bits per heavy atom. The van der Waals surface area contributed by atoms with Gasteiger partial charge in [0.05, 0.1) is 6.61 Å². The maximum atomic E-state index is 12.1. The van der Waals surface area contributed by atoms with Gasteiger partial charge in [-0.2, -0.15) is 0 Å². The zero-order chi connectivity index (χ0) is 14.7. The van der Waals surface area contributed by atoms with Gasteiger partial charge >= 0.3 is 5.97 Å². The van der Waals surface area contributed by atoms with E-state index < -0.39 is 0 Å². The number of nitrogens with zero attached hydrogens (tertiary/aromatic N) is 1. The maximum Gasteiger partial charge on any atom is 0.324 e. The van der Waals surface area contributed by atoms with Crippen molar-refractivity contribution in [3.8, 4) is 0 Å². The van der Waals surface area contributed by atoms with Gasteiger partial charge in [-0.15, -0.1) is 0 Å². The van der Waals surface area contributed by atoms with Gasteiger partial charge in [-0.05, 0) is 64.0 Å². The summed E-state index contributed by atoms with van der Waals surface area (Å²) in [5, 5.41) is 3.47. The lowest BCUT2D eigenvalue weighted by Gasteiger charge is -2.40. The van der Waals surface area contributed by atoms with Crippen molar-refractivity contribution in [2.45, 2.75) is 70.4 Å².